The van der Waals surface area contributed by atoms with Gasteiger partial charge in [0.15, 0.2) is 0 Å². The van der Waals surface area contributed by atoms with E-state index in [-0.39, 0.29) is 11.2 Å². The van der Waals surface area contributed by atoms with Crippen LogP contribution in [0.4, 0.5) is 24.5 Å². The van der Waals surface area contributed by atoms with Crippen LogP contribution in [-0.4, -0.2) is 15.4 Å². The number of anilines is 1. The van der Waals surface area contributed by atoms with Crippen LogP contribution in [0.25, 0.3) is 0 Å². The van der Waals surface area contributed by atoms with Gasteiger partial charge in [-0.1, -0.05) is 6.92 Å². The Labute approximate surface area is 113 Å². The lowest BCUT2D eigenvalue weighted by Gasteiger charge is -2.42. The number of nitro groups is 1. The highest BCUT2D eigenvalue weighted by atomic mass is 19.4. The van der Waals surface area contributed by atoms with E-state index in [4.69, 9.17) is 0 Å². The summed E-state index contributed by atoms with van der Waals surface area (Å²) in [6.07, 6.45) is -0.702. The number of nitrogens with zero attached hydrogens (tertiary/aromatic N) is 2. The van der Waals surface area contributed by atoms with Gasteiger partial charge in [-0.2, -0.15) is 13.2 Å². The highest BCUT2D eigenvalue weighted by molar-refractivity contribution is 5.62. The molecule has 1 N–H and O–H groups in total. The van der Waals surface area contributed by atoms with Crippen LogP contribution in [0.3, 0.4) is 0 Å². The topological polar surface area (TPSA) is 68.1 Å². The second kappa shape index (κ2) is 4.92. The van der Waals surface area contributed by atoms with Gasteiger partial charge in [0.05, 0.1) is 4.92 Å². The summed E-state index contributed by atoms with van der Waals surface area (Å²) in [7, 11) is 0. The molecule has 2 rings (SSSR count). The Balaban J connectivity index is 2.39. The molecule has 20 heavy (non-hydrogen) atoms. The maximum atomic E-state index is 12.7. The van der Waals surface area contributed by atoms with E-state index in [9.17, 15) is 23.3 Å². The summed E-state index contributed by atoms with van der Waals surface area (Å²) in [5.41, 5.74) is -2.01. The monoisotopic (exact) mass is 289 g/mol. The second-order valence-corrected chi connectivity index (χ2v) is 4.95. The molecule has 0 unspecified atom stereocenters. The van der Waals surface area contributed by atoms with Gasteiger partial charge in [-0.05, 0) is 31.7 Å². The molecule has 1 aromatic rings. The number of hydrogen-bond acceptors (Lipinski definition) is 4. The lowest BCUT2D eigenvalue weighted by Crippen LogP contribution is -2.44. The predicted molar refractivity (Wildman–Crippen MR) is 66.4 cm³/mol. The van der Waals surface area contributed by atoms with Crippen LogP contribution in [0.5, 0.6) is 0 Å². The number of hydrogen-bond donors (Lipinski definition) is 1. The lowest BCUT2D eigenvalue weighted by atomic mass is 9.74. The van der Waals surface area contributed by atoms with E-state index in [1.54, 1.807) is 0 Å². The minimum atomic E-state index is -4.62. The van der Waals surface area contributed by atoms with Gasteiger partial charge >= 0.3 is 11.9 Å². The quantitative estimate of drug-likeness (QED) is 0.677. The molecule has 0 saturated heterocycles. The summed E-state index contributed by atoms with van der Waals surface area (Å²) in [6, 6.07) is 0.716. The minimum absolute atomic E-state index is 0.112. The van der Waals surface area contributed by atoms with Crippen LogP contribution in [0.2, 0.25) is 0 Å². The zero-order valence-corrected chi connectivity index (χ0v) is 10.8. The summed E-state index contributed by atoms with van der Waals surface area (Å²) in [5.74, 6) is 0. The van der Waals surface area contributed by atoms with Crippen molar-refractivity contribution in [1.82, 2.24) is 4.98 Å². The van der Waals surface area contributed by atoms with Crippen molar-refractivity contribution in [3.05, 3.63) is 28.1 Å². The van der Waals surface area contributed by atoms with Crippen molar-refractivity contribution in [1.29, 1.82) is 0 Å². The van der Waals surface area contributed by atoms with Gasteiger partial charge < -0.3 is 5.32 Å². The highest BCUT2D eigenvalue weighted by Gasteiger charge is 2.39. The number of nitrogens with one attached hydrogen (secondary N) is 1. The molecular weight excluding hydrogens is 275 g/mol. The number of rotatable bonds is 4. The maximum Gasteiger partial charge on any atom is 0.433 e. The fourth-order valence-electron chi connectivity index (χ4n) is 2.30. The molecule has 0 aromatic carbocycles. The summed E-state index contributed by atoms with van der Waals surface area (Å²) in [4.78, 5) is 13.3. The van der Waals surface area contributed by atoms with Gasteiger partial charge in [0.25, 0.3) is 0 Å². The largest absolute Gasteiger partial charge is 0.433 e. The average molecular weight is 289 g/mol. The molecule has 1 aliphatic carbocycles. The van der Waals surface area contributed by atoms with Gasteiger partial charge in [0.1, 0.15) is 17.6 Å². The normalized spacial score (nSPS) is 17.4. The smallest absolute Gasteiger partial charge is 0.374 e. The van der Waals surface area contributed by atoms with Crippen LogP contribution < -0.4 is 5.32 Å². The molecule has 1 aliphatic rings. The van der Waals surface area contributed by atoms with Gasteiger partial charge in [-0.3, -0.25) is 10.1 Å². The maximum absolute atomic E-state index is 12.7. The van der Waals surface area contributed by atoms with Gasteiger partial charge in [-0.15, -0.1) is 0 Å². The van der Waals surface area contributed by atoms with Crippen molar-refractivity contribution in [2.24, 2.45) is 0 Å². The zero-order chi connectivity index (χ0) is 15.0. The molecule has 0 bridgehead atoms. The number of halogens is 3. The molecule has 0 amide bonds. The standard InChI is InChI=1S/C12H14F3N3O2/c1-2-11(4-3-5-11)17-8-6-10(12(13,14)15)16-7-9(8)18(19)20/h6-7H,2-5H2,1H3,(H,16,17). The molecule has 110 valence electrons. The fourth-order valence-corrected chi connectivity index (χ4v) is 2.30. The first-order chi connectivity index (χ1) is 9.27. The van der Waals surface area contributed by atoms with Crippen LogP contribution >= 0.6 is 0 Å². The zero-order valence-electron chi connectivity index (χ0n) is 10.8. The van der Waals surface area contributed by atoms with Crippen LogP contribution in [0.1, 0.15) is 38.3 Å². The Hall–Kier alpha value is -1.86. The number of alkyl halides is 3. The molecule has 1 heterocycles. The van der Waals surface area contributed by atoms with E-state index in [0.717, 1.165) is 19.3 Å². The third kappa shape index (κ3) is 2.68. The average Bonchev–Trinajstić information content (AvgIpc) is 2.32. The third-order valence-corrected chi connectivity index (χ3v) is 3.76. The van der Waals surface area contributed by atoms with Gasteiger partial charge in [-0.25, -0.2) is 4.98 Å². The first kappa shape index (κ1) is 14.5. The van der Waals surface area contributed by atoms with E-state index in [1.807, 2.05) is 6.92 Å². The highest BCUT2D eigenvalue weighted by Crippen LogP contribution is 2.41. The van der Waals surface area contributed by atoms with Crippen molar-refractivity contribution in [3.8, 4) is 0 Å². The Bertz CT molecular complexity index is 522. The minimum Gasteiger partial charge on any atom is -0.374 e. The molecule has 0 atom stereocenters. The number of aromatic nitrogens is 1. The van der Waals surface area contributed by atoms with Crippen LogP contribution in [-0.2, 0) is 6.18 Å². The van der Waals surface area contributed by atoms with Crippen LogP contribution in [0, 0.1) is 10.1 Å². The molecule has 8 heteroatoms. The van der Waals surface area contributed by atoms with E-state index >= 15 is 0 Å². The molecule has 1 saturated carbocycles. The van der Waals surface area contributed by atoms with Gasteiger partial charge in [0.2, 0.25) is 0 Å². The molecular formula is C12H14F3N3O2. The third-order valence-electron chi connectivity index (χ3n) is 3.76. The molecule has 1 aromatic heterocycles. The van der Waals surface area contributed by atoms with Crippen molar-refractivity contribution >= 4 is 11.4 Å². The molecule has 0 spiro atoms. The first-order valence-corrected chi connectivity index (χ1v) is 6.27. The van der Waals surface area contributed by atoms with Crippen molar-refractivity contribution in [3.63, 3.8) is 0 Å². The van der Waals surface area contributed by atoms with Crippen molar-refractivity contribution in [2.75, 3.05) is 5.32 Å². The van der Waals surface area contributed by atoms with Crippen molar-refractivity contribution in [2.45, 2.75) is 44.3 Å². The molecule has 0 aliphatic heterocycles. The SMILES string of the molecule is CCC1(Nc2cc(C(F)(F)F)ncc2[N+](=O)[O-])CCC1. The van der Waals surface area contributed by atoms with E-state index in [1.165, 1.54) is 0 Å². The van der Waals surface area contributed by atoms with E-state index in [0.29, 0.717) is 18.7 Å². The summed E-state index contributed by atoms with van der Waals surface area (Å²) < 4.78 is 38.0. The Morgan fingerprint density at radius 3 is 2.55 bits per heavy atom. The summed E-state index contributed by atoms with van der Waals surface area (Å²) in [5, 5.41) is 13.8. The second-order valence-electron chi connectivity index (χ2n) is 4.95. The van der Waals surface area contributed by atoms with Gasteiger partial charge in [0, 0.05) is 5.54 Å². The fraction of sp³-hybridized carbons (Fsp3) is 0.583. The van der Waals surface area contributed by atoms with Crippen LogP contribution in [0.15, 0.2) is 12.3 Å². The number of pyridine rings is 1. The van der Waals surface area contributed by atoms with E-state index < -0.39 is 22.5 Å². The molecule has 1 fully saturated rings. The predicted octanol–water partition coefficient (Wildman–Crippen LogP) is 3.75. The Morgan fingerprint density at radius 2 is 2.15 bits per heavy atom. The molecule has 5 nitrogen and oxygen atoms in total. The first-order valence-electron chi connectivity index (χ1n) is 6.27. The Morgan fingerprint density at radius 1 is 1.50 bits per heavy atom. The van der Waals surface area contributed by atoms with E-state index in [2.05, 4.69) is 10.3 Å². The molecule has 0 radical (unpaired) electrons. The summed E-state index contributed by atoms with van der Waals surface area (Å²) in [6.45, 7) is 1.91. The summed E-state index contributed by atoms with van der Waals surface area (Å²) >= 11 is 0. The van der Waals surface area contributed by atoms with Crippen molar-refractivity contribution < 1.29 is 18.1 Å². The lowest BCUT2D eigenvalue weighted by molar-refractivity contribution is -0.384. The Kier molecular flexibility index (Phi) is 3.58.